The molecule has 0 aliphatic carbocycles. The van der Waals surface area contributed by atoms with E-state index in [1.807, 2.05) is 30.6 Å². The molecule has 2 aromatic heterocycles. The van der Waals surface area contributed by atoms with Crippen molar-refractivity contribution in [3.63, 3.8) is 0 Å². The third-order valence-electron chi connectivity index (χ3n) is 4.02. The summed E-state index contributed by atoms with van der Waals surface area (Å²) in [6, 6.07) is 8.15. The van der Waals surface area contributed by atoms with Crippen molar-refractivity contribution in [2.24, 2.45) is 0 Å². The van der Waals surface area contributed by atoms with Crippen molar-refractivity contribution in [1.29, 1.82) is 0 Å². The van der Waals surface area contributed by atoms with Gasteiger partial charge in [-0.05, 0) is 6.07 Å². The van der Waals surface area contributed by atoms with Crippen molar-refractivity contribution in [3.8, 4) is 11.3 Å². The normalized spacial score (nSPS) is 17.2. The molecule has 0 amide bonds. The van der Waals surface area contributed by atoms with Crippen LogP contribution in [0.5, 0.6) is 0 Å². The minimum absolute atomic E-state index is 0.0494. The molecule has 0 atom stereocenters. The molecule has 4 rings (SSSR count). The van der Waals surface area contributed by atoms with Crippen molar-refractivity contribution >= 4 is 10.9 Å². The smallest absolute Gasteiger partial charge is 0.119 e. The number of hydrogen-bond donors (Lipinski definition) is 3. The van der Waals surface area contributed by atoms with Gasteiger partial charge in [-0.2, -0.15) is 0 Å². The minimum Gasteiger partial charge on any atom is -0.395 e. The molecular formula is C15H15N3O2. The van der Waals surface area contributed by atoms with Crippen LogP contribution >= 0.6 is 0 Å². The van der Waals surface area contributed by atoms with Crippen LogP contribution in [0.25, 0.3) is 22.2 Å². The number of nitrogens with one attached hydrogen (secondary N) is 2. The first-order valence-corrected chi connectivity index (χ1v) is 6.63. The highest BCUT2D eigenvalue weighted by molar-refractivity contribution is 5.94. The largest absolute Gasteiger partial charge is 0.395 e. The van der Waals surface area contributed by atoms with Gasteiger partial charge in [0.1, 0.15) is 5.82 Å². The second kappa shape index (κ2) is 4.19. The first-order chi connectivity index (χ1) is 9.82. The molecule has 1 fully saturated rings. The fourth-order valence-electron chi connectivity index (χ4n) is 2.67. The maximum atomic E-state index is 9.56. The number of aliphatic hydroxyl groups is 1. The molecular weight excluding hydrogens is 254 g/mol. The summed E-state index contributed by atoms with van der Waals surface area (Å²) in [4.78, 5) is 11.0. The molecule has 5 nitrogen and oxygen atoms in total. The zero-order valence-corrected chi connectivity index (χ0v) is 10.9. The van der Waals surface area contributed by atoms with Crippen LogP contribution in [0, 0.1) is 0 Å². The standard InChI is InChI=1S/C15H15N3O2/c19-7-15(8-20-9-15)14-17-6-13(18-14)11-5-16-12-4-2-1-3-10(11)12/h1-6,16,19H,7-9H2,(H,17,18). The lowest BCUT2D eigenvalue weighted by Crippen LogP contribution is -2.50. The fraction of sp³-hybridized carbons (Fsp3) is 0.267. The van der Waals surface area contributed by atoms with E-state index in [1.54, 1.807) is 0 Å². The number of imidazole rings is 1. The predicted molar refractivity (Wildman–Crippen MR) is 75.5 cm³/mol. The number of hydrogen-bond acceptors (Lipinski definition) is 3. The number of aromatic amines is 2. The Hall–Kier alpha value is -2.11. The summed E-state index contributed by atoms with van der Waals surface area (Å²) in [5, 5.41) is 10.7. The van der Waals surface area contributed by atoms with Gasteiger partial charge in [-0.15, -0.1) is 0 Å². The minimum atomic E-state index is -0.357. The molecule has 0 unspecified atom stereocenters. The number of ether oxygens (including phenoxy) is 1. The highest BCUT2D eigenvalue weighted by atomic mass is 16.5. The Morgan fingerprint density at radius 1 is 1.30 bits per heavy atom. The topological polar surface area (TPSA) is 73.9 Å². The monoisotopic (exact) mass is 269 g/mol. The van der Waals surface area contributed by atoms with Crippen LogP contribution in [0.1, 0.15) is 5.82 Å². The van der Waals surface area contributed by atoms with E-state index in [-0.39, 0.29) is 12.0 Å². The van der Waals surface area contributed by atoms with E-state index in [0.717, 1.165) is 28.0 Å². The van der Waals surface area contributed by atoms with E-state index in [9.17, 15) is 5.11 Å². The second-order valence-electron chi connectivity index (χ2n) is 5.32. The van der Waals surface area contributed by atoms with Crippen LogP contribution in [-0.4, -0.2) is 39.9 Å². The summed E-state index contributed by atoms with van der Waals surface area (Å²) >= 11 is 0. The Balaban J connectivity index is 1.78. The molecule has 0 bridgehead atoms. The van der Waals surface area contributed by atoms with Crippen LogP contribution < -0.4 is 0 Å². The Labute approximate surface area is 115 Å². The molecule has 0 spiro atoms. The summed E-state index contributed by atoms with van der Waals surface area (Å²) in [6.45, 7) is 1.09. The molecule has 5 heteroatoms. The molecule has 1 aliphatic heterocycles. The molecule has 1 aromatic carbocycles. The number of benzene rings is 1. The highest BCUT2D eigenvalue weighted by Gasteiger charge is 2.42. The van der Waals surface area contributed by atoms with Crippen LogP contribution in [0.15, 0.2) is 36.7 Å². The summed E-state index contributed by atoms with van der Waals surface area (Å²) in [7, 11) is 0. The molecule has 3 N–H and O–H groups in total. The van der Waals surface area contributed by atoms with Gasteiger partial charge in [0, 0.05) is 22.7 Å². The number of aliphatic hydroxyl groups excluding tert-OH is 1. The van der Waals surface area contributed by atoms with Crippen molar-refractivity contribution in [3.05, 3.63) is 42.5 Å². The highest BCUT2D eigenvalue weighted by Crippen LogP contribution is 2.33. The number of aromatic nitrogens is 3. The van der Waals surface area contributed by atoms with Crippen molar-refractivity contribution in [2.75, 3.05) is 19.8 Å². The third-order valence-corrected chi connectivity index (χ3v) is 4.02. The predicted octanol–water partition coefficient (Wildman–Crippen LogP) is 1.82. The summed E-state index contributed by atoms with van der Waals surface area (Å²) in [6.07, 6.45) is 3.80. The van der Waals surface area contributed by atoms with Gasteiger partial charge in [0.25, 0.3) is 0 Å². The SMILES string of the molecule is OCC1(c2ncc(-c3c[nH]c4ccccc34)[nH]2)COC1. The second-order valence-corrected chi connectivity index (χ2v) is 5.32. The van der Waals surface area contributed by atoms with E-state index in [2.05, 4.69) is 21.0 Å². The third kappa shape index (κ3) is 1.54. The first kappa shape index (κ1) is 11.7. The molecule has 20 heavy (non-hydrogen) atoms. The lowest BCUT2D eigenvalue weighted by molar-refractivity contribution is -0.0880. The van der Waals surface area contributed by atoms with Gasteiger partial charge in [0.05, 0.1) is 37.1 Å². The first-order valence-electron chi connectivity index (χ1n) is 6.63. The Bertz CT molecular complexity index is 750. The van der Waals surface area contributed by atoms with Gasteiger partial charge in [-0.25, -0.2) is 4.98 Å². The van der Waals surface area contributed by atoms with E-state index >= 15 is 0 Å². The summed E-state index contributed by atoms with van der Waals surface area (Å²) in [5.41, 5.74) is 2.79. The maximum Gasteiger partial charge on any atom is 0.119 e. The molecule has 0 saturated carbocycles. The number of rotatable bonds is 3. The van der Waals surface area contributed by atoms with Crippen LogP contribution in [0.2, 0.25) is 0 Å². The summed E-state index contributed by atoms with van der Waals surface area (Å²) in [5.74, 6) is 0.798. The van der Waals surface area contributed by atoms with Gasteiger partial charge in [0.15, 0.2) is 0 Å². The maximum absolute atomic E-state index is 9.56. The van der Waals surface area contributed by atoms with Gasteiger partial charge in [0.2, 0.25) is 0 Å². The number of H-pyrrole nitrogens is 2. The van der Waals surface area contributed by atoms with Crippen molar-refractivity contribution < 1.29 is 9.84 Å². The van der Waals surface area contributed by atoms with Crippen LogP contribution in [-0.2, 0) is 10.2 Å². The lowest BCUT2D eigenvalue weighted by atomic mass is 9.86. The van der Waals surface area contributed by atoms with Gasteiger partial charge < -0.3 is 19.8 Å². The van der Waals surface area contributed by atoms with E-state index < -0.39 is 0 Å². The van der Waals surface area contributed by atoms with E-state index in [1.165, 1.54) is 0 Å². The Morgan fingerprint density at radius 2 is 2.15 bits per heavy atom. The number of fused-ring (bicyclic) bond motifs is 1. The average Bonchev–Trinajstić information content (AvgIpc) is 3.04. The summed E-state index contributed by atoms with van der Waals surface area (Å²) < 4.78 is 5.23. The lowest BCUT2D eigenvalue weighted by Gasteiger charge is -2.37. The van der Waals surface area contributed by atoms with E-state index in [0.29, 0.717) is 13.2 Å². The zero-order chi connectivity index (χ0) is 13.6. The van der Waals surface area contributed by atoms with Gasteiger partial charge >= 0.3 is 0 Å². The Kier molecular flexibility index (Phi) is 2.45. The molecule has 1 aliphatic rings. The quantitative estimate of drug-likeness (QED) is 0.679. The zero-order valence-electron chi connectivity index (χ0n) is 10.9. The number of para-hydroxylation sites is 1. The number of nitrogens with zero attached hydrogens (tertiary/aromatic N) is 1. The van der Waals surface area contributed by atoms with Crippen molar-refractivity contribution in [1.82, 2.24) is 15.0 Å². The fourth-order valence-corrected chi connectivity index (χ4v) is 2.67. The van der Waals surface area contributed by atoms with Gasteiger partial charge in [-0.1, -0.05) is 18.2 Å². The molecule has 0 radical (unpaired) electrons. The molecule has 3 aromatic rings. The van der Waals surface area contributed by atoms with Crippen molar-refractivity contribution in [2.45, 2.75) is 5.41 Å². The van der Waals surface area contributed by atoms with Crippen LogP contribution in [0.4, 0.5) is 0 Å². The Morgan fingerprint density at radius 3 is 2.90 bits per heavy atom. The molecule has 3 heterocycles. The molecule has 102 valence electrons. The van der Waals surface area contributed by atoms with Gasteiger partial charge in [-0.3, -0.25) is 0 Å². The van der Waals surface area contributed by atoms with E-state index in [4.69, 9.17) is 4.74 Å². The van der Waals surface area contributed by atoms with Crippen LogP contribution in [0.3, 0.4) is 0 Å². The molecule has 1 saturated heterocycles. The average molecular weight is 269 g/mol.